The van der Waals surface area contributed by atoms with Crippen LogP contribution in [0.15, 0.2) is 66.7 Å². The highest BCUT2D eigenvalue weighted by molar-refractivity contribution is 6.62. The molecule has 0 N–H and O–H groups in total. The normalized spacial score (nSPS) is 19.1. The third kappa shape index (κ3) is 3.52. The molecule has 166 valence electrons. The second-order valence-corrected chi connectivity index (χ2v) is 10.1. The van der Waals surface area contributed by atoms with Crippen molar-refractivity contribution in [2.24, 2.45) is 0 Å². The van der Waals surface area contributed by atoms with Gasteiger partial charge in [0.25, 0.3) is 0 Å². The van der Waals surface area contributed by atoms with Gasteiger partial charge in [0, 0.05) is 5.41 Å². The smallest absolute Gasteiger partial charge is 0.399 e. The van der Waals surface area contributed by atoms with Crippen molar-refractivity contribution in [2.45, 2.75) is 72.0 Å². The second-order valence-electron chi connectivity index (χ2n) is 10.1. The highest BCUT2D eigenvalue weighted by Crippen LogP contribution is 2.49. The first-order valence-corrected chi connectivity index (χ1v) is 11.8. The molecule has 5 rings (SSSR count). The highest BCUT2D eigenvalue weighted by Gasteiger charge is 2.51. The lowest BCUT2D eigenvalue weighted by molar-refractivity contribution is 0.00578. The van der Waals surface area contributed by atoms with E-state index in [1.54, 1.807) is 0 Å². The Morgan fingerprint density at radius 2 is 1.19 bits per heavy atom. The Balaban J connectivity index is 0.00000119. The lowest BCUT2D eigenvalue weighted by atomic mass is 9.77. The Labute approximate surface area is 194 Å². The summed E-state index contributed by atoms with van der Waals surface area (Å²) in [6, 6.07) is 24.2. The molecule has 3 heteroatoms. The molecule has 32 heavy (non-hydrogen) atoms. The number of fused-ring (bicyclic) bond motifs is 3. The molecule has 2 nitrogen and oxygen atoms in total. The van der Waals surface area contributed by atoms with Crippen LogP contribution >= 0.6 is 0 Å². The number of hydrogen-bond donors (Lipinski definition) is 0. The van der Waals surface area contributed by atoms with Gasteiger partial charge in [0.15, 0.2) is 0 Å². The van der Waals surface area contributed by atoms with Gasteiger partial charge in [0.05, 0.1) is 11.2 Å². The van der Waals surface area contributed by atoms with E-state index < -0.39 is 0 Å². The third-order valence-electron chi connectivity index (χ3n) is 7.33. The van der Waals surface area contributed by atoms with E-state index in [4.69, 9.17) is 9.31 Å². The fourth-order valence-electron chi connectivity index (χ4n) is 4.74. The van der Waals surface area contributed by atoms with E-state index in [-0.39, 0.29) is 23.7 Å². The van der Waals surface area contributed by atoms with Crippen LogP contribution < -0.4 is 5.46 Å². The summed E-state index contributed by atoms with van der Waals surface area (Å²) in [5.41, 5.74) is 8.33. The average Bonchev–Trinajstić information content (AvgIpc) is 3.15. The molecule has 1 saturated heterocycles. The minimum absolute atomic E-state index is 0.0367. The third-order valence-corrected chi connectivity index (χ3v) is 7.33. The summed E-state index contributed by atoms with van der Waals surface area (Å²) in [5.74, 6) is 0. The van der Waals surface area contributed by atoms with Crippen molar-refractivity contribution in [1.82, 2.24) is 0 Å². The van der Waals surface area contributed by atoms with E-state index in [0.717, 1.165) is 5.46 Å². The van der Waals surface area contributed by atoms with E-state index in [1.165, 1.54) is 33.4 Å². The maximum Gasteiger partial charge on any atom is 0.494 e. The van der Waals surface area contributed by atoms with Crippen LogP contribution in [0, 0.1) is 0 Å². The zero-order chi connectivity index (χ0) is 23.3. The van der Waals surface area contributed by atoms with Crippen molar-refractivity contribution in [2.75, 3.05) is 0 Å². The van der Waals surface area contributed by atoms with E-state index in [9.17, 15) is 0 Å². The molecule has 2 aliphatic rings. The first kappa shape index (κ1) is 22.8. The van der Waals surface area contributed by atoms with Crippen LogP contribution in [-0.2, 0) is 14.7 Å². The Morgan fingerprint density at radius 3 is 1.88 bits per heavy atom. The summed E-state index contributed by atoms with van der Waals surface area (Å²) in [6.45, 7) is 17.0. The molecule has 1 aliphatic heterocycles. The maximum absolute atomic E-state index is 6.27. The molecule has 0 unspecified atom stereocenters. The topological polar surface area (TPSA) is 18.5 Å². The molecule has 0 radical (unpaired) electrons. The van der Waals surface area contributed by atoms with Crippen LogP contribution in [0.5, 0.6) is 0 Å². The van der Waals surface area contributed by atoms with E-state index in [1.807, 2.05) is 13.8 Å². The van der Waals surface area contributed by atoms with Crippen LogP contribution in [0.1, 0.15) is 66.5 Å². The average molecular weight is 426 g/mol. The van der Waals surface area contributed by atoms with E-state index in [2.05, 4.69) is 108 Å². The van der Waals surface area contributed by atoms with Gasteiger partial charge in [-0.25, -0.2) is 0 Å². The summed E-state index contributed by atoms with van der Waals surface area (Å²) in [7, 11) is -0.343. The van der Waals surface area contributed by atoms with Crippen LogP contribution in [-0.4, -0.2) is 18.3 Å². The van der Waals surface area contributed by atoms with E-state index in [0.29, 0.717) is 0 Å². The van der Waals surface area contributed by atoms with Crippen LogP contribution in [0.2, 0.25) is 0 Å². The zero-order valence-corrected chi connectivity index (χ0v) is 20.7. The summed E-state index contributed by atoms with van der Waals surface area (Å²) in [6.07, 6.45) is 0. The fourth-order valence-corrected chi connectivity index (χ4v) is 4.74. The maximum atomic E-state index is 6.27. The van der Waals surface area contributed by atoms with Gasteiger partial charge >= 0.3 is 7.12 Å². The monoisotopic (exact) mass is 426 g/mol. The molecule has 0 aromatic heterocycles. The van der Waals surface area contributed by atoms with Crippen molar-refractivity contribution < 1.29 is 9.31 Å². The van der Waals surface area contributed by atoms with Gasteiger partial charge in [-0.3, -0.25) is 0 Å². The standard InChI is InChI=1S/C27H29BO2.C2H6/c1-25(2)23-13-8-7-12-21(23)22-17-19(14-15-24(22)25)18-10-9-11-20(16-18)28-29-26(3,4)27(5,6)30-28;1-2/h7-17H,1-6H3;1-2H3. The fraction of sp³-hybridized carbons (Fsp3) is 0.379. The predicted octanol–water partition coefficient (Wildman–Crippen LogP) is 6.99. The number of rotatable bonds is 2. The van der Waals surface area contributed by atoms with Crippen molar-refractivity contribution in [1.29, 1.82) is 0 Å². The Morgan fingerprint density at radius 1 is 0.594 bits per heavy atom. The van der Waals surface area contributed by atoms with Gasteiger partial charge in [-0.2, -0.15) is 0 Å². The minimum atomic E-state index is -0.343. The van der Waals surface area contributed by atoms with Gasteiger partial charge in [0.1, 0.15) is 0 Å². The molecule has 0 amide bonds. The van der Waals surface area contributed by atoms with Crippen molar-refractivity contribution in [3.8, 4) is 22.3 Å². The molecule has 1 aliphatic carbocycles. The first-order chi connectivity index (χ1) is 15.1. The van der Waals surface area contributed by atoms with Crippen molar-refractivity contribution in [3.63, 3.8) is 0 Å². The van der Waals surface area contributed by atoms with Crippen molar-refractivity contribution in [3.05, 3.63) is 77.9 Å². The molecular formula is C29H35BO2. The molecule has 0 spiro atoms. The van der Waals surface area contributed by atoms with Gasteiger partial charge in [-0.15, -0.1) is 0 Å². The Hall–Kier alpha value is -2.36. The molecule has 0 bridgehead atoms. The molecule has 1 heterocycles. The molecule has 0 saturated carbocycles. The summed E-state index contributed by atoms with van der Waals surface area (Å²) >= 11 is 0. The summed E-state index contributed by atoms with van der Waals surface area (Å²) in [5, 5.41) is 0. The Bertz CT molecular complexity index is 1130. The second kappa shape index (κ2) is 7.90. The van der Waals surface area contributed by atoms with Gasteiger partial charge in [-0.1, -0.05) is 88.4 Å². The van der Waals surface area contributed by atoms with Crippen molar-refractivity contribution >= 4 is 12.6 Å². The molecular weight excluding hydrogens is 391 g/mol. The Kier molecular flexibility index (Phi) is 5.63. The van der Waals surface area contributed by atoms with Crippen LogP contribution in [0.25, 0.3) is 22.3 Å². The summed E-state index contributed by atoms with van der Waals surface area (Å²) < 4.78 is 12.5. The van der Waals surface area contributed by atoms with E-state index >= 15 is 0 Å². The molecule has 3 aromatic carbocycles. The first-order valence-electron chi connectivity index (χ1n) is 11.8. The molecule has 3 aromatic rings. The lowest BCUT2D eigenvalue weighted by Gasteiger charge is -2.32. The largest absolute Gasteiger partial charge is 0.494 e. The molecule has 0 atom stereocenters. The minimum Gasteiger partial charge on any atom is -0.399 e. The van der Waals surface area contributed by atoms with Crippen LogP contribution in [0.4, 0.5) is 0 Å². The highest BCUT2D eigenvalue weighted by atomic mass is 16.7. The quantitative estimate of drug-likeness (QED) is 0.412. The summed E-state index contributed by atoms with van der Waals surface area (Å²) in [4.78, 5) is 0. The van der Waals surface area contributed by atoms with Gasteiger partial charge in [0.2, 0.25) is 0 Å². The van der Waals surface area contributed by atoms with Gasteiger partial charge < -0.3 is 9.31 Å². The van der Waals surface area contributed by atoms with Crippen LogP contribution in [0.3, 0.4) is 0 Å². The predicted molar refractivity (Wildman–Crippen MR) is 137 cm³/mol. The molecule has 1 fully saturated rings. The lowest BCUT2D eigenvalue weighted by Crippen LogP contribution is -2.41. The zero-order valence-electron chi connectivity index (χ0n) is 20.7. The van der Waals surface area contributed by atoms with Gasteiger partial charge in [-0.05, 0) is 72.6 Å². The SMILES string of the molecule is CC.CC1(C)c2ccccc2-c2cc(-c3cccc(B4OC(C)(C)C(C)(C)O4)c3)ccc21. The number of hydrogen-bond acceptors (Lipinski definition) is 2. The number of benzene rings is 3.